The van der Waals surface area contributed by atoms with Gasteiger partial charge in [0.15, 0.2) is 0 Å². The zero-order valence-corrected chi connectivity index (χ0v) is 15.3. The van der Waals surface area contributed by atoms with E-state index in [4.69, 9.17) is 4.74 Å². The van der Waals surface area contributed by atoms with E-state index in [0.717, 1.165) is 37.0 Å². The first-order valence-electron chi connectivity index (χ1n) is 9.27. The molecule has 2 N–H and O–H groups in total. The Balaban J connectivity index is 2.11. The quantitative estimate of drug-likeness (QED) is 0.682. The number of hydrogen-bond acceptors (Lipinski definition) is 3. The molecule has 0 aliphatic carbocycles. The predicted molar refractivity (Wildman–Crippen MR) is 102 cm³/mol. The molecule has 25 heavy (non-hydrogen) atoms. The Morgan fingerprint density at radius 2 is 1.40 bits per heavy atom. The highest BCUT2D eigenvalue weighted by Crippen LogP contribution is 2.24. The minimum atomic E-state index is -0.434. The molecule has 0 spiro atoms. The SMILES string of the molecule is CCC(O)CCc1ccccc1Cc1ccccc1OCC(O)CC. The number of aliphatic hydroxyl groups excluding tert-OH is 2. The van der Waals surface area contributed by atoms with Crippen molar-refractivity contribution in [3.05, 3.63) is 65.2 Å². The van der Waals surface area contributed by atoms with E-state index in [-0.39, 0.29) is 6.10 Å². The van der Waals surface area contributed by atoms with Crippen LogP contribution in [0.15, 0.2) is 48.5 Å². The summed E-state index contributed by atoms with van der Waals surface area (Å²) < 4.78 is 5.83. The van der Waals surface area contributed by atoms with E-state index >= 15 is 0 Å². The lowest BCUT2D eigenvalue weighted by molar-refractivity contribution is 0.104. The topological polar surface area (TPSA) is 49.7 Å². The van der Waals surface area contributed by atoms with E-state index in [9.17, 15) is 10.2 Å². The van der Waals surface area contributed by atoms with Crippen molar-refractivity contribution in [3.63, 3.8) is 0 Å². The molecule has 0 saturated carbocycles. The summed E-state index contributed by atoms with van der Waals surface area (Å²) in [5, 5.41) is 19.6. The third-order valence-corrected chi connectivity index (χ3v) is 4.59. The first-order chi connectivity index (χ1) is 12.1. The molecule has 0 fully saturated rings. The maximum atomic E-state index is 9.85. The number of aliphatic hydroxyl groups is 2. The summed E-state index contributed by atoms with van der Waals surface area (Å²) in [5.74, 6) is 0.832. The van der Waals surface area contributed by atoms with Gasteiger partial charge in [0.05, 0.1) is 12.2 Å². The van der Waals surface area contributed by atoms with Gasteiger partial charge in [0.1, 0.15) is 12.4 Å². The van der Waals surface area contributed by atoms with Crippen molar-refractivity contribution >= 4 is 0 Å². The normalized spacial score (nSPS) is 13.4. The number of para-hydroxylation sites is 1. The second-order valence-electron chi connectivity index (χ2n) is 6.53. The average Bonchev–Trinajstić information content (AvgIpc) is 2.66. The van der Waals surface area contributed by atoms with E-state index in [1.807, 2.05) is 32.0 Å². The van der Waals surface area contributed by atoms with E-state index < -0.39 is 6.10 Å². The van der Waals surface area contributed by atoms with Crippen molar-refractivity contribution < 1.29 is 14.9 Å². The summed E-state index contributed by atoms with van der Waals surface area (Å²) >= 11 is 0. The standard InChI is InChI=1S/C22H30O3/c1-3-20(23)14-13-17-9-5-6-10-18(17)15-19-11-7-8-12-22(19)25-16-21(24)4-2/h5-12,20-21,23-24H,3-4,13-16H2,1-2H3. The first kappa shape index (κ1) is 19.5. The molecule has 0 radical (unpaired) electrons. The Morgan fingerprint density at radius 1 is 0.800 bits per heavy atom. The van der Waals surface area contributed by atoms with Gasteiger partial charge in [0.25, 0.3) is 0 Å². The Labute approximate surface area is 151 Å². The molecule has 0 amide bonds. The Hall–Kier alpha value is -1.84. The van der Waals surface area contributed by atoms with Crippen LogP contribution in [0, 0.1) is 0 Å². The van der Waals surface area contributed by atoms with E-state index in [1.165, 1.54) is 11.1 Å². The summed E-state index contributed by atoms with van der Waals surface area (Å²) in [6, 6.07) is 16.4. The van der Waals surface area contributed by atoms with Crippen LogP contribution in [0.4, 0.5) is 0 Å². The fourth-order valence-corrected chi connectivity index (χ4v) is 2.80. The van der Waals surface area contributed by atoms with Crippen LogP contribution in [0.5, 0.6) is 5.75 Å². The van der Waals surface area contributed by atoms with Crippen LogP contribution < -0.4 is 4.74 Å². The third-order valence-electron chi connectivity index (χ3n) is 4.59. The number of benzene rings is 2. The number of hydrogen-bond donors (Lipinski definition) is 2. The summed E-state index contributed by atoms with van der Waals surface area (Å²) in [7, 11) is 0. The van der Waals surface area contributed by atoms with Crippen molar-refractivity contribution in [1.29, 1.82) is 0 Å². The van der Waals surface area contributed by atoms with E-state index in [2.05, 4.69) is 30.3 Å². The molecule has 0 aliphatic heterocycles. The molecule has 0 heterocycles. The highest BCUT2D eigenvalue weighted by Gasteiger charge is 2.10. The lowest BCUT2D eigenvalue weighted by atomic mass is 9.95. The number of ether oxygens (including phenoxy) is 1. The Bertz CT molecular complexity index is 583. The van der Waals surface area contributed by atoms with Gasteiger partial charge in [0.2, 0.25) is 0 Å². The molecule has 136 valence electrons. The summed E-state index contributed by atoms with van der Waals surface area (Å²) in [6.07, 6.45) is 3.26. The maximum absolute atomic E-state index is 9.85. The Kier molecular flexibility index (Phi) is 7.96. The second-order valence-corrected chi connectivity index (χ2v) is 6.53. The van der Waals surface area contributed by atoms with Crippen molar-refractivity contribution in [1.82, 2.24) is 0 Å². The molecule has 3 nitrogen and oxygen atoms in total. The van der Waals surface area contributed by atoms with Gasteiger partial charge in [-0.1, -0.05) is 56.3 Å². The fourth-order valence-electron chi connectivity index (χ4n) is 2.80. The van der Waals surface area contributed by atoms with Crippen molar-refractivity contribution in [2.24, 2.45) is 0 Å². The lowest BCUT2D eigenvalue weighted by Crippen LogP contribution is -2.16. The van der Waals surface area contributed by atoms with Crippen molar-refractivity contribution in [2.45, 2.75) is 58.2 Å². The van der Waals surface area contributed by atoms with Crippen LogP contribution in [0.3, 0.4) is 0 Å². The lowest BCUT2D eigenvalue weighted by Gasteiger charge is -2.16. The minimum absolute atomic E-state index is 0.237. The minimum Gasteiger partial charge on any atom is -0.491 e. The summed E-state index contributed by atoms with van der Waals surface area (Å²) in [5.41, 5.74) is 3.66. The average molecular weight is 342 g/mol. The second kappa shape index (κ2) is 10.2. The molecular weight excluding hydrogens is 312 g/mol. The van der Waals surface area contributed by atoms with Gasteiger partial charge in [-0.25, -0.2) is 0 Å². The molecule has 2 atom stereocenters. The van der Waals surface area contributed by atoms with E-state index in [0.29, 0.717) is 13.0 Å². The zero-order valence-electron chi connectivity index (χ0n) is 15.3. The molecule has 0 aliphatic rings. The fraction of sp³-hybridized carbons (Fsp3) is 0.455. The van der Waals surface area contributed by atoms with E-state index in [1.54, 1.807) is 0 Å². The van der Waals surface area contributed by atoms with Gasteiger partial charge in [-0.05, 0) is 48.4 Å². The molecule has 0 bridgehead atoms. The highest BCUT2D eigenvalue weighted by atomic mass is 16.5. The van der Waals surface area contributed by atoms with Crippen LogP contribution in [-0.2, 0) is 12.8 Å². The van der Waals surface area contributed by atoms with Crippen LogP contribution >= 0.6 is 0 Å². The Morgan fingerprint density at radius 3 is 2.08 bits per heavy atom. The largest absolute Gasteiger partial charge is 0.491 e. The van der Waals surface area contributed by atoms with Gasteiger partial charge in [-0.3, -0.25) is 0 Å². The molecule has 2 aromatic rings. The monoisotopic (exact) mass is 342 g/mol. The highest BCUT2D eigenvalue weighted by molar-refractivity contribution is 5.40. The van der Waals surface area contributed by atoms with Crippen LogP contribution in [0.1, 0.15) is 49.8 Å². The number of rotatable bonds is 10. The van der Waals surface area contributed by atoms with Gasteiger partial charge in [-0.2, -0.15) is 0 Å². The van der Waals surface area contributed by atoms with Crippen LogP contribution in [-0.4, -0.2) is 29.0 Å². The molecule has 2 rings (SSSR count). The molecule has 2 aromatic carbocycles. The van der Waals surface area contributed by atoms with Gasteiger partial charge in [0, 0.05) is 6.42 Å². The van der Waals surface area contributed by atoms with Crippen LogP contribution in [0.2, 0.25) is 0 Å². The summed E-state index contributed by atoms with van der Waals surface area (Å²) in [4.78, 5) is 0. The molecule has 0 saturated heterocycles. The van der Waals surface area contributed by atoms with Crippen molar-refractivity contribution in [3.8, 4) is 5.75 Å². The molecule has 3 heteroatoms. The van der Waals surface area contributed by atoms with Crippen LogP contribution in [0.25, 0.3) is 0 Å². The first-order valence-corrected chi connectivity index (χ1v) is 9.27. The molecule has 0 aromatic heterocycles. The van der Waals surface area contributed by atoms with Gasteiger partial charge < -0.3 is 14.9 Å². The molecule has 2 unspecified atom stereocenters. The zero-order chi connectivity index (χ0) is 18.1. The number of aryl methyl sites for hydroxylation is 1. The third kappa shape index (κ3) is 6.18. The summed E-state index contributed by atoms with van der Waals surface area (Å²) in [6.45, 7) is 4.27. The molecular formula is C22H30O3. The van der Waals surface area contributed by atoms with Gasteiger partial charge in [-0.15, -0.1) is 0 Å². The van der Waals surface area contributed by atoms with Crippen molar-refractivity contribution in [2.75, 3.05) is 6.61 Å². The van der Waals surface area contributed by atoms with Gasteiger partial charge >= 0.3 is 0 Å². The predicted octanol–water partition coefficient (Wildman–Crippen LogP) is 4.13. The maximum Gasteiger partial charge on any atom is 0.122 e. The smallest absolute Gasteiger partial charge is 0.122 e.